The smallest absolute Gasteiger partial charge is 0.225 e. The summed E-state index contributed by atoms with van der Waals surface area (Å²) >= 11 is 1.72. The van der Waals surface area contributed by atoms with Gasteiger partial charge in [0.25, 0.3) is 0 Å². The summed E-state index contributed by atoms with van der Waals surface area (Å²) in [6.07, 6.45) is 8.47. The molecule has 1 saturated heterocycles. The lowest BCUT2D eigenvalue weighted by Gasteiger charge is -2.37. The number of fused-ring (bicyclic) bond motifs is 1. The predicted octanol–water partition coefficient (Wildman–Crippen LogP) is 3.03. The lowest BCUT2D eigenvalue weighted by molar-refractivity contribution is -0.138. The summed E-state index contributed by atoms with van der Waals surface area (Å²) in [6, 6.07) is 4.35. The normalized spacial score (nSPS) is 23.9. The van der Waals surface area contributed by atoms with E-state index in [4.69, 9.17) is 4.74 Å². The van der Waals surface area contributed by atoms with Crippen LogP contribution in [0.2, 0.25) is 0 Å². The molecule has 5 nitrogen and oxygen atoms in total. The van der Waals surface area contributed by atoms with Gasteiger partial charge < -0.3 is 9.64 Å². The fourth-order valence-corrected chi connectivity index (χ4v) is 4.80. The van der Waals surface area contributed by atoms with Gasteiger partial charge in [-0.05, 0) is 48.8 Å². The highest BCUT2D eigenvalue weighted by Gasteiger charge is 2.31. The Morgan fingerprint density at radius 3 is 3.25 bits per heavy atom. The Morgan fingerprint density at radius 2 is 2.38 bits per heavy atom. The molecule has 2 aliphatic heterocycles. The van der Waals surface area contributed by atoms with Gasteiger partial charge in [0.1, 0.15) is 6.10 Å². The maximum absolute atomic E-state index is 13.0. The third-order valence-electron chi connectivity index (χ3n) is 5.03. The van der Waals surface area contributed by atoms with Gasteiger partial charge in [-0.1, -0.05) is 0 Å². The summed E-state index contributed by atoms with van der Waals surface area (Å²) < 4.78 is 7.85. The number of amides is 1. The lowest BCUT2D eigenvalue weighted by atomic mass is 10.00. The molecule has 2 aromatic heterocycles. The first-order valence-corrected chi connectivity index (χ1v) is 9.64. The topological polar surface area (TPSA) is 47.4 Å². The minimum Gasteiger partial charge on any atom is -0.372 e. The van der Waals surface area contributed by atoms with E-state index in [0.29, 0.717) is 6.42 Å². The molecule has 0 spiro atoms. The van der Waals surface area contributed by atoms with Crippen molar-refractivity contribution >= 4 is 17.2 Å². The molecule has 2 atom stereocenters. The van der Waals surface area contributed by atoms with Crippen LogP contribution in [-0.2, 0) is 22.5 Å². The summed E-state index contributed by atoms with van der Waals surface area (Å²) in [5.41, 5.74) is 1.36. The molecule has 128 valence electrons. The SMILES string of the molecule is O=C(CC1OCCc2ccsc21)N1CCCCC1Cn1cccn1. The second-order valence-corrected chi connectivity index (χ2v) is 7.54. The largest absolute Gasteiger partial charge is 0.372 e. The summed E-state index contributed by atoms with van der Waals surface area (Å²) in [6.45, 7) is 2.36. The fraction of sp³-hybridized carbons (Fsp3) is 0.556. The van der Waals surface area contributed by atoms with Crippen molar-refractivity contribution < 1.29 is 9.53 Å². The van der Waals surface area contributed by atoms with Crippen LogP contribution in [0.4, 0.5) is 0 Å². The number of ether oxygens (including phenoxy) is 1. The molecular weight excluding hydrogens is 322 g/mol. The zero-order valence-corrected chi connectivity index (χ0v) is 14.6. The van der Waals surface area contributed by atoms with Crippen LogP contribution < -0.4 is 0 Å². The van der Waals surface area contributed by atoms with Crippen molar-refractivity contribution in [3.05, 3.63) is 40.3 Å². The molecular formula is C18H23N3O2S. The Hall–Kier alpha value is -1.66. The summed E-state index contributed by atoms with van der Waals surface area (Å²) in [5, 5.41) is 6.41. The molecule has 4 rings (SSSR count). The molecule has 0 aromatic carbocycles. The van der Waals surface area contributed by atoms with E-state index in [1.165, 1.54) is 16.9 Å². The molecule has 0 radical (unpaired) electrons. The Morgan fingerprint density at radius 1 is 1.42 bits per heavy atom. The van der Waals surface area contributed by atoms with Gasteiger partial charge >= 0.3 is 0 Å². The minimum absolute atomic E-state index is 0.0615. The summed E-state index contributed by atoms with van der Waals surface area (Å²) in [4.78, 5) is 16.3. The van der Waals surface area contributed by atoms with Crippen LogP contribution in [0.1, 0.15) is 42.2 Å². The van der Waals surface area contributed by atoms with Gasteiger partial charge in [0, 0.05) is 23.8 Å². The average molecular weight is 345 g/mol. The number of piperidine rings is 1. The number of hydrogen-bond donors (Lipinski definition) is 0. The van der Waals surface area contributed by atoms with Crippen LogP contribution in [0, 0.1) is 0 Å². The van der Waals surface area contributed by atoms with Gasteiger partial charge in [0.2, 0.25) is 5.91 Å². The molecule has 24 heavy (non-hydrogen) atoms. The van der Waals surface area contributed by atoms with E-state index in [2.05, 4.69) is 21.4 Å². The van der Waals surface area contributed by atoms with E-state index in [-0.39, 0.29) is 18.1 Å². The quantitative estimate of drug-likeness (QED) is 0.856. The van der Waals surface area contributed by atoms with Crippen molar-refractivity contribution in [3.8, 4) is 0 Å². The molecule has 0 aliphatic carbocycles. The lowest BCUT2D eigenvalue weighted by Crippen LogP contribution is -2.46. The molecule has 2 aromatic rings. The minimum atomic E-state index is -0.0615. The van der Waals surface area contributed by atoms with Crippen molar-refractivity contribution in [3.63, 3.8) is 0 Å². The highest BCUT2D eigenvalue weighted by Crippen LogP contribution is 2.35. The third kappa shape index (κ3) is 3.26. The molecule has 2 unspecified atom stereocenters. The number of nitrogens with zero attached hydrogens (tertiary/aromatic N) is 3. The molecule has 0 bridgehead atoms. The van der Waals surface area contributed by atoms with Crippen LogP contribution in [0.5, 0.6) is 0 Å². The van der Waals surface area contributed by atoms with Crippen molar-refractivity contribution in [1.29, 1.82) is 0 Å². The molecule has 0 saturated carbocycles. The Labute approximate surface area is 146 Å². The zero-order valence-electron chi connectivity index (χ0n) is 13.8. The molecule has 6 heteroatoms. The van der Waals surface area contributed by atoms with Gasteiger partial charge in [-0.15, -0.1) is 11.3 Å². The number of thiophene rings is 1. The maximum atomic E-state index is 13.0. The van der Waals surface area contributed by atoms with Crippen molar-refractivity contribution in [1.82, 2.24) is 14.7 Å². The third-order valence-corrected chi connectivity index (χ3v) is 6.08. The number of rotatable bonds is 4. The number of likely N-dealkylation sites (tertiary alicyclic amines) is 1. The van der Waals surface area contributed by atoms with E-state index in [0.717, 1.165) is 39.0 Å². The van der Waals surface area contributed by atoms with E-state index in [9.17, 15) is 4.79 Å². The highest BCUT2D eigenvalue weighted by atomic mass is 32.1. The van der Waals surface area contributed by atoms with Gasteiger partial charge in [0.15, 0.2) is 0 Å². The highest BCUT2D eigenvalue weighted by molar-refractivity contribution is 7.10. The molecule has 1 amide bonds. The second kappa shape index (κ2) is 7.07. The second-order valence-electron chi connectivity index (χ2n) is 6.59. The van der Waals surface area contributed by atoms with Crippen molar-refractivity contribution in [2.75, 3.05) is 13.2 Å². The first-order valence-electron chi connectivity index (χ1n) is 8.76. The van der Waals surface area contributed by atoms with E-state index >= 15 is 0 Å². The van der Waals surface area contributed by atoms with Crippen molar-refractivity contribution in [2.45, 2.75) is 50.8 Å². The van der Waals surface area contributed by atoms with E-state index in [1.807, 2.05) is 16.9 Å². The first kappa shape index (κ1) is 15.8. The van der Waals surface area contributed by atoms with Gasteiger partial charge in [-0.25, -0.2) is 0 Å². The standard InChI is InChI=1S/C18H23N3O2S/c22-17(12-16-18-14(5-10-23-16)6-11-24-18)21-9-2-1-4-15(21)13-20-8-3-7-19-20/h3,6-8,11,15-16H,1-2,4-5,9-10,12-13H2. The fourth-order valence-electron chi connectivity index (χ4n) is 3.79. The van der Waals surface area contributed by atoms with Gasteiger partial charge in [0.05, 0.1) is 25.6 Å². The Bertz CT molecular complexity index is 682. The van der Waals surface area contributed by atoms with Crippen LogP contribution in [-0.4, -0.2) is 39.8 Å². The van der Waals surface area contributed by atoms with E-state index < -0.39 is 0 Å². The maximum Gasteiger partial charge on any atom is 0.225 e. The number of carbonyl (C=O) groups excluding carboxylic acids is 1. The monoisotopic (exact) mass is 345 g/mol. The average Bonchev–Trinajstić information content (AvgIpc) is 3.27. The first-order chi connectivity index (χ1) is 11.8. The van der Waals surface area contributed by atoms with Crippen LogP contribution >= 0.6 is 11.3 Å². The molecule has 0 N–H and O–H groups in total. The molecule has 2 aliphatic rings. The van der Waals surface area contributed by atoms with Gasteiger partial charge in [-0.2, -0.15) is 5.10 Å². The Kier molecular flexibility index (Phi) is 4.67. The molecule has 4 heterocycles. The predicted molar refractivity (Wildman–Crippen MR) is 92.9 cm³/mol. The summed E-state index contributed by atoms with van der Waals surface area (Å²) in [7, 11) is 0. The molecule has 1 fully saturated rings. The van der Waals surface area contributed by atoms with Crippen LogP contribution in [0.3, 0.4) is 0 Å². The Balaban J connectivity index is 1.44. The zero-order chi connectivity index (χ0) is 16.4. The van der Waals surface area contributed by atoms with Crippen molar-refractivity contribution in [2.24, 2.45) is 0 Å². The van der Waals surface area contributed by atoms with Gasteiger partial charge in [-0.3, -0.25) is 9.48 Å². The van der Waals surface area contributed by atoms with E-state index in [1.54, 1.807) is 17.5 Å². The number of hydrogen-bond acceptors (Lipinski definition) is 4. The number of carbonyl (C=O) groups is 1. The van der Waals surface area contributed by atoms with Crippen LogP contribution in [0.25, 0.3) is 0 Å². The number of aromatic nitrogens is 2. The summed E-state index contributed by atoms with van der Waals surface area (Å²) in [5.74, 6) is 0.220. The van der Waals surface area contributed by atoms with Crippen LogP contribution in [0.15, 0.2) is 29.9 Å².